The zero-order valence-electron chi connectivity index (χ0n) is 17.6. The van der Waals surface area contributed by atoms with Gasteiger partial charge in [0, 0.05) is 12.1 Å². The first kappa shape index (κ1) is 20.6. The number of hydrogen-bond donors (Lipinski definition) is 3. The number of nitrogens with one attached hydrogen (secondary N) is 2. The molecule has 1 saturated heterocycles. The summed E-state index contributed by atoms with van der Waals surface area (Å²) in [6.07, 6.45) is 7.11. The molecule has 4 rings (SSSR count). The van der Waals surface area contributed by atoms with Crippen LogP contribution < -0.4 is 15.5 Å². The van der Waals surface area contributed by atoms with E-state index in [4.69, 9.17) is 5.11 Å². The van der Waals surface area contributed by atoms with Crippen molar-refractivity contribution < 1.29 is 9.90 Å². The molecular weight excluding hydrogens is 380 g/mol. The molecule has 8 nitrogen and oxygen atoms in total. The fourth-order valence-corrected chi connectivity index (χ4v) is 4.80. The molecule has 3 N–H and O–H groups in total. The summed E-state index contributed by atoms with van der Waals surface area (Å²) in [6, 6.07) is 10.6. The fourth-order valence-electron chi connectivity index (χ4n) is 4.80. The van der Waals surface area contributed by atoms with Crippen molar-refractivity contribution in [1.82, 2.24) is 20.2 Å². The Labute approximate surface area is 177 Å². The topological polar surface area (TPSA) is 93.6 Å². The van der Waals surface area contributed by atoms with Crippen LogP contribution in [0, 0.1) is 0 Å². The number of rotatable bonds is 6. The summed E-state index contributed by atoms with van der Waals surface area (Å²) in [5, 5.41) is 15.1. The maximum absolute atomic E-state index is 12.8. The lowest BCUT2D eigenvalue weighted by molar-refractivity contribution is 0.0658. The number of aliphatic hydroxyl groups is 1. The van der Waals surface area contributed by atoms with Gasteiger partial charge in [0.05, 0.1) is 36.8 Å². The zero-order valence-corrected chi connectivity index (χ0v) is 17.6. The van der Waals surface area contributed by atoms with Gasteiger partial charge in [0.1, 0.15) is 0 Å². The van der Waals surface area contributed by atoms with Crippen LogP contribution in [0.5, 0.6) is 0 Å². The molecule has 2 heterocycles. The standard InChI is InChI=1S/C22H30N6O2/c1-27(2)22(17-6-4-3-5-7-17)10-8-21(9-11-22)16-28(20(30)26-21)18-14-24-19(25-15-18)23-12-13-29/h3-7,14-15,29H,8-13,16H2,1-2H3,(H,26,30)(H,23,24,25)/t21-,22-. The Balaban J connectivity index is 1.48. The first-order chi connectivity index (χ1) is 14.5. The number of aliphatic hydroxyl groups excluding tert-OH is 1. The van der Waals surface area contributed by atoms with Crippen LogP contribution in [0.2, 0.25) is 0 Å². The molecule has 0 bridgehead atoms. The third-order valence-electron chi connectivity index (χ3n) is 6.62. The van der Waals surface area contributed by atoms with Crippen molar-refractivity contribution in [2.45, 2.75) is 36.8 Å². The molecule has 0 radical (unpaired) electrons. The molecule has 1 aliphatic carbocycles. The van der Waals surface area contributed by atoms with E-state index in [0.29, 0.717) is 24.7 Å². The zero-order chi connectivity index (χ0) is 21.2. The van der Waals surface area contributed by atoms with E-state index in [1.54, 1.807) is 17.3 Å². The second-order valence-electron chi connectivity index (χ2n) is 8.50. The number of benzene rings is 1. The molecule has 1 spiro atoms. The summed E-state index contributed by atoms with van der Waals surface area (Å²) in [5.41, 5.74) is 1.80. The SMILES string of the molecule is CN(C)[C@]1(c2ccccc2)CC[C@@]2(CC1)CN(c1cnc(NCCO)nc1)C(=O)N2. The Bertz CT molecular complexity index is 863. The molecule has 2 aromatic rings. The van der Waals surface area contributed by atoms with Crippen molar-refractivity contribution in [3.8, 4) is 0 Å². The van der Waals surface area contributed by atoms with Gasteiger partial charge in [-0.3, -0.25) is 9.80 Å². The number of carbonyl (C=O) groups excluding carboxylic acids is 1. The molecule has 160 valence electrons. The van der Waals surface area contributed by atoms with E-state index >= 15 is 0 Å². The Morgan fingerprint density at radius 1 is 1.13 bits per heavy atom. The van der Waals surface area contributed by atoms with Crippen molar-refractivity contribution in [2.24, 2.45) is 0 Å². The van der Waals surface area contributed by atoms with Crippen molar-refractivity contribution in [2.75, 3.05) is 44.0 Å². The molecule has 1 aromatic carbocycles. The third-order valence-corrected chi connectivity index (χ3v) is 6.62. The predicted octanol–water partition coefficient (Wildman–Crippen LogP) is 2.18. The highest BCUT2D eigenvalue weighted by molar-refractivity contribution is 5.95. The van der Waals surface area contributed by atoms with E-state index in [1.807, 2.05) is 0 Å². The minimum Gasteiger partial charge on any atom is -0.395 e. The van der Waals surface area contributed by atoms with Gasteiger partial charge in [-0.1, -0.05) is 30.3 Å². The second kappa shape index (κ2) is 8.20. The van der Waals surface area contributed by atoms with E-state index in [-0.39, 0.29) is 23.7 Å². The molecule has 2 amide bonds. The minimum atomic E-state index is -0.223. The molecule has 2 fully saturated rings. The van der Waals surface area contributed by atoms with Gasteiger partial charge in [-0.25, -0.2) is 14.8 Å². The Morgan fingerprint density at radius 3 is 2.40 bits per heavy atom. The summed E-state index contributed by atoms with van der Waals surface area (Å²) >= 11 is 0. The van der Waals surface area contributed by atoms with Crippen molar-refractivity contribution >= 4 is 17.7 Å². The van der Waals surface area contributed by atoms with Gasteiger partial charge >= 0.3 is 6.03 Å². The first-order valence-corrected chi connectivity index (χ1v) is 10.5. The Hall–Kier alpha value is -2.71. The second-order valence-corrected chi connectivity index (χ2v) is 8.50. The molecule has 1 saturated carbocycles. The summed E-state index contributed by atoms with van der Waals surface area (Å²) in [4.78, 5) is 25.3. The Kier molecular flexibility index (Phi) is 5.62. The van der Waals surface area contributed by atoms with Crippen molar-refractivity contribution in [3.63, 3.8) is 0 Å². The van der Waals surface area contributed by atoms with E-state index < -0.39 is 0 Å². The monoisotopic (exact) mass is 410 g/mol. The molecule has 0 unspecified atom stereocenters. The predicted molar refractivity (Wildman–Crippen MR) is 116 cm³/mol. The Morgan fingerprint density at radius 2 is 1.80 bits per heavy atom. The highest BCUT2D eigenvalue weighted by Gasteiger charge is 2.50. The van der Waals surface area contributed by atoms with Gasteiger partial charge < -0.3 is 15.7 Å². The van der Waals surface area contributed by atoms with Crippen LogP contribution >= 0.6 is 0 Å². The molecule has 30 heavy (non-hydrogen) atoms. The number of aromatic nitrogens is 2. The number of anilines is 2. The van der Waals surface area contributed by atoms with Gasteiger partial charge in [0.2, 0.25) is 5.95 Å². The molecular formula is C22H30N6O2. The lowest BCUT2D eigenvalue weighted by Gasteiger charge is -2.48. The average Bonchev–Trinajstić information content (AvgIpc) is 3.09. The summed E-state index contributed by atoms with van der Waals surface area (Å²) in [6.45, 7) is 1.03. The molecule has 0 atom stereocenters. The van der Waals surface area contributed by atoms with Crippen LogP contribution in [-0.4, -0.2) is 65.3 Å². The van der Waals surface area contributed by atoms with Crippen LogP contribution in [0.1, 0.15) is 31.2 Å². The van der Waals surface area contributed by atoms with Gasteiger partial charge in [-0.15, -0.1) is 0 Å². The smallest absolute Gasteiger partial charge is 0.322 e. The van der Waals surface area contributed by atoms with Gasteiger partial charge in [-0.05, 0) is 45.3 Å². The highest BCUT2D eigenvalue weighted by atomic mass is 16.3. The van der Waals surface area contributed by atoms with Crippen LogP contribution in [0.25, 0.3) is 0 Å². The van der Waals surface area contributed by atoms with E-state index in [2.05, 4.69) is 69.9 Å². The maximum Gasteiger partial charge on any atom is 0.322 e. The summed E-state index contributed by atoms with van der Waals surface area (Å²) < 4.78 is 0. The van der Waals surface area contributed by atoms with E-state index in [1.165, 1.54) is 5.56 Å². The van der Waals surface area contributed by atoms with Crippen molar-refractivity contribution in [3.05, 3.63) is 48.3 Å². The number of urea groups is 1. The van der Waals surface area contributed by atoms with Crippen molar-refractivity contribution in [1.29, 1.82) is 0 Å². The van der Waals surface area contributed by atoms with E-state index in [0.717, 1.165) is 25.7 Å². The first-order valence-electron chi connectivity index (χ1n) is 10.5. The number of nitrogens with zero attached hydrogens (tertiary/aromatic N) is 4. The summed E-state index contributed by atoms with van der Waals surface area (Å²) in [5.74, 6) is 0.443. The van der Waals surface area contributed by atoms with Crippen LogP contribution in [0.4, 0.5) is 16.4 Å². The minimum absolute atomic E-state index is 0.00616. The van der Waals surface area contributed by atoms with Gasteiger partial charge in [-0.2, -0.15) is 0 Å². The number of carbonyl (C=O) groups is 1. The van der Waals surface area contributed by atoms with Crippen LogP contribution in [-0.2, 0) is 5.54 Å². The molecule has 1 aromatic heterocycles. The van der Waals surface area contributed by atoms with E-state index in [9.17, 15) is 4.79 Å². The third kappa shape index (κ3) is 3.73. The molecule has 2 aliphatic rings. The summed E-state index contributed by atoms with van der Waals surface area (Å²) in [7, 11) is 4.29. The quantitative estimate of drug-likeness (QED) is 0.676. The van der Waals surface area contributed by atoms with Gasteiger partial charge in [0.15, 0.2) is 0 Å². The number of amides is 2. The number of hydrogen-bond acceptors (Lipinski definition) is 6. The normalized spacial score (nSPS) is 26.3. The lowest BCUT2D eigenvalue weighted by atomic mass is 9.69. The van der Waals surface area contributed by atoms with Gasteiger partial charge in [0.25, 0.3) is 0 Å². The van der Waals surface area contributed by atoms with Crippen LogP contribution in [0.15, 0.2) is 42.7 Å². The molecule has 8 heteroatoms. The maximum atomic E-state index is 12.8. The lowest BCUT2D eigenvalue weighted by Crippen LogP contribution is -2.54. The largest absolute Gasteiger partial charge is 0.395 e. The fraction of sp³-hybridized carbons (Fsp3) is 0.500. The average molecular weight is 411 g/mol. The highest BCUT2D eigenvalue weighted by Crippen LogP contribution is 2.46. The molecule has 1 aliphatic heterocycles. The van der Waals surface area contributed by atoms with Crippen LogP contribution in [0.3, 0.4) is 0 Å².